The highest BCUT2D eigenvalue weighted by Gasteiger charge is 2.14. The zero-order valence-electron chi connectivity index (χ0n) is 14.7. The van der Waals surface area contributed by atoms with E-state index in [-0.39, 0.29) is 5.41 Å². The molecular formula is C23H22S2. The first-order valence-electron chi connectivity index (χ1n) is 8.46. The van der Waals surface area contributed by atoms with Crippen LogP contribution in [0, 0.1) is 17.3 Å². The Morgan fingerprint density at radius 1 is 1.04 bits per heavy atom. The average molecular weight is 363 g/mol. The minimum Gasteiger partial charge on any atom is -0.144 e. The monoisotopic (exact) mass is 362 g/mol. The van der Waals surface area contributed by atoms with Crippen molar-refractivity contribution < 1.29 is 0 Å². The van der Waals surface area contributed by atoms with Gasteiger partial charge in [0.15, 0.2) is 0 Å². The quantitative estimate of drug-likeness (QED) is 0.337. The molecule has 3 aromatic rings. The smallest absolute Gasteiger partial charge is 0.0355 e. The Morgan fingerprint density at radius 2 is 1.88 bits per heavy atom. The summed E-state index contributed by atoms with van der Waals surface area (Å²) in [4.78, 5) is 1.28. The van der Waals surface area contributed by atoms with Crippen molar-refractivity contribution in [3.63, 3.8) is 0 Å². The topological polar surface area (TPSA) is 0 Å². The molecule has 2 aromatic carbocycles. The van der Waals surface area contributed by atoms with E-state index in [4.69, 9.17) is 0 Å². The van der Waals surface area contributed by atoms with Crippen LogP contribution in [0.4, 0.5) is 0 Å². The van der Waals surface area contributed by atoms with Gasteiger partial charge in [0.05, 0.1) is 0 Å². The molecule has 0 saturated carbocycles. The summed E-state index contributed by atoms with van der Waals surface area (Å²) in [5, 5.41) is 5.60. The van der Waals surface area contributed by atoms with Crippen LogP contribution >= 0.6 is 23.1 Å². The van der Waals surface area contributed by atoms with Gasteiger partial charge in [-0.3, -0.25) is 0 Å². The molecule has 0 fully saturated rings. The maximum Gasteiger partial charge on any atom is 0.0355 e. The van der Waals surface area contributed by atoms with Gasteiger partial charge in [-0.05, 0) is 53.0 Å². The van der Waals surface area contributed by atoms with E-state index in [0.29, 0.717) is 0 Å². The van der Waals surface area contributed by atoms with Gasteiger partial charge in [-0.15, -0.1) is 11.3 Å². The van der Waals surface area contributed by atoms with Crippen LogP contribution in [0.15, 0.2) is 76.4 Å². The Kier molecular flexibility index (Phi) is 6.02. The second-order valence-corrected chi connectivity index (χ2v) is 8.71. The van der Waals surface area contributed by atoms with Crippen molar-refractivity contribution in [1.82, 2.24) is 0 Å². The predicted molar refractivity (Wildman–Crippen MR) is 113 cm³/mol. The Labute approximate surface area is 159 Å². The van der Waals surface area contributed by atoms with E-state index in [9.17, 15) is 0 Å². The lowest BCUT2D eigenvalue weighted by Gasteiger charge is -2.19. The lowest BCUT2D eigenvalue weighted by molar-refractivity contribution is 0.383. The fraction of sp³-hybridized carbons (Fsp3) is 0.217. The van der Waals surface area contributed by atoms with E-state index >= 15 is 0 Å². The molecule has 0 radical (unpaired) electrons. The minimum absolute atomic E-state index is 0.184. The molecule has 126 valence electrons. The fourth-order valence-corrected chi connectivity index (χ4v) is 4.02. The van der Waals surface area contributed by atoms with Gasteiger partial charge in [-0.25, -0.2) is 0 Å². The zero-order chi connectivity index (χ0) is 17.5. The fourth-order valence-electron chi connectivity index (χ4n) is 2.55. The van der Waals surface area contributed by atoms with E-state index in [2.05, 4.69) is 91.1 Å². The Morgan fingerprint density at radius 3 is 2.72 bits per heavy atom. The SMILES string of the molecule is CC(C)(CC#Cc1cccc2sccc12)CC=CSc1ccccc1. The lowest BCUT2D eigenvalue weighted by Crippen LogP contribution is -2.08. The van der Waals surface area contributed by atoms with Gasteiger partial charge >= 0.3 is 0 Å². The van der Waals surface area contributed by atoms with Crippen molar-refractivity contribution in [2.45, 2.75) is 31.6 Å². The summed E-state index contributed by atoms with van der Waals surface area (Å²) < 4.78 is 1.31. The molecule has 0 atom stereocenters. The summed E-state index contributed by atoms with van der Waals surface area (Å²) in [5.74, 6) is 6.77. The van der Waals surface area contributed by atoms with Gasteiger partial charge in [0.1, 0.15) is 0 Å². The number of hydrogen-bond acceptors (Lipinski definition) is 2. The van der Waals surface area contributed by atoms with Crippen molar-refractivity contribution in [1.29, 1.82) is 0 Å². The molecule has 1 aromatic heterocycles. The van der Waals surface area contributed by atoms with Crippen molar-refractivity contribution >= 4 is 33.2 Å². The largest absolute Gasteiger partial charge is 0.144 e. The minimum atomic E-state index is 0.184. The molecular weight excluding hydrogens is 340 g/mol. The van der Waals surface area contributed by atoms with Crippen LogP contribution in [0.2, 0.25) is 0 Å². The first kappa shape index (κ1) is 17.9. The number of thioether (sulfide) groups is 1. The molecule has 2 heteroatoms. The van der Waals surface area contributed by atoms with E-state index in [0.717, 1.165) is 18.4 Å². The molecule has 25 heavy (non-hydrogen) atoms. The number of thiophene rings is 1. The molecule has 3 rings (SSSR count). The van der Waals surface area contributed by atoms with Gasteiger partial charge < -0.3 is 0 Å². The Hall–Kier alpha value is -1.95. The summed E-state index contributed by atoms with van der Waals surface area (Å²) in [7, 11) is 0. The van der Waals surface area contributed by atoms with Gasteiger partial charge in [-0.2, -0.15) is 0 Å². The van der Waals surface area contributed by atoms with Crippen LogP contribution < -0.4 is 0 Å². The molecule has 0 nitrogen and oxygen atoms in total. The van der Waals surface area contributed by atoms with E-state index in [1.54, 1.807) is 23.1 Å². The third-order valence-corrected chi connectivity index (χ3v) is 5.75. The third kappa shape index (κ3) is 5.26. The maximum atomic E-state index is 3.40. The first-order valence-corrected chi connectivity index (χ1v) is 10.2. The number of benzene rings is 2. The molecule has 0 saturated heterocycles. The second-order valence-electron chi connectivity index (χ2n) is 6.79. The van der Waals surface area contributed by atoms with Crippen molar-refractivity contribution in [2.75, 3.05) is 0 Å². The van der Waals surface area contributed by atoms with Crippen LogP contribution in [-0.4, -0.2) is 0 Å². The molecule has 0 aliphatic carbocycles. The van der Waals surface area contributed by atoms with Crippen molar-refractivity contribution in [3.05, 3.63) is 77.0 Å². The van der Waals surface area contributed by atoms with Gasteiger partial charge in [-0.1, -0.05) is 67.8 Å². The molecule has 0 aliphatic heterocycles. The van der Waals surface area contributed by atoms with E-state index in [1.165, 1.54) is 15.0 Å². The van der Waals surface area contributed by atoms with Gasteiger partial charge in [0.2, 0.25) is 0 Å². The standard InChI is InChI=1S/C23H22S2/c1-23(2,16-8-17-24-20-11-4-3-5-12-20)15-7-10-19-9-6-13-22-21(19)14-18-25-22/h3-6,8-9,11-14,17-18H,15-16H2,1-2H3. The van der Waals surface area contributed by atoms with Crippen molar-refractivity contribution in [3.8, 4) is 11.8 Å². The molecule has 1 heterocycles. The normalized spacial score (nSPS) is 11.6. The third-order valence-electron chi connectivity index (χ3n) is 4.00. The van der Waals surface area contributed by atoms with Crippen LogP contribution in [0.1, 0.15) is 32.3 Å². The molecule has 0 N–H and O–H groups in total. The van der Waals surface area contributed by atoms with Crippen LogP contribution in [0.5, 0.6) is 0 Å². The van der Waals surface area contributed by atoms with Crippen LogP contribution in [-0.2, 0) is 0 Å². The molecule has 0 amide bonds. The highest BCUT2D eigenvalue weighted by Crippen LogP contribution is 2.27. The summed E-state index contributed by atoms with van der Waals surface area (Å²) >= 11 is 3.54. The van der Waals surface area contributed by atoms with Crippen LogP contribution in [0.25, 0.3) is 10.1 Å². The summed E-state index contributed by atoms with van der Waals surface area (Å²) in [5.41, 5.74) is 1.33. The highest BCUT2D eigenvalue weighted by molar-refractivity contribution is 8.02. The second kappa shape index (κ2) is 8.43. The molecule has 0 aliphatic rings. The predicted octanol–water partition coefficient (Wildman–Crippen LogP) is 7.37. The summed E-state index contributed by atoms with van der Waals surface area (Å²) in [6.07, 6.45) is 4.19. The van der Waals surface area contributed by atoms with Gasteiger partial charge in [0.25, 0.3) is 0 Å². The number of fused-ring (bicyclic) bond motifs is 1. The number of hydrogen-bond donors (Lipinski definition) is 0. The Balaban J connectivity index is 1.56. The summed E-state index contributed by atoms with van der Waals surface area (Å²) in [6, 6.07) is 19.0. The van der Waals surface area contributed by atoms with Crippen molar-refractivity contribution in [2.24, 2.45) is 5.41 Å². The Bertz CT molecular complexity index is 905. The molecule has 0 spiro atoms. The summed E-state index contributed by atoms with van der Waals surface area (Å²) in [6.45, 7) is 4.56. The number of allylic oxidation sites excluding steroid dienone is 1. The number of rotatable bonds is 5. The first-order chi connectivity index (χ1) is 12.1. The lowest BCUT2D eigenvalue weighted by atomic mass is 9.86. The van der Waals surface area contributed by atoms with E-state index in [1.807, 2.05) is 6.07 Å². The molecule has 0 bridgehead atoms. The van der Waals surface area contributed by atoms with E-state index < -0.39 is 0 Å². The highest BCUT2D eigenvalue weighted by atomic mass is 32.2. The average Bonchev–Trinajstić information content (AvgIpc) is 3.09. The van der Waals surface area contributed by atoms with Gasteiger partial charge in [0, 0.05) is 27.0 Å². The maximum absolute atomic E-state index is 3.40. The zero-order valence-corrected chi connectivity index (χ0v) is 16.3. The molecule has 0 unspecified atom stereocenters. The van der Waals surface area contributed by atoms with Crippen LogP contribution in [0.3, 0.4) is 0 Å².